The second kappa shape index (κ2) is 6.02. The lowest BCUT2D eigenvalue weighted by Gasteiger charge is -2.12. The Balaban J connectivity index is 2.12. The third-order valence-electron chi connectivity index (χ3n) is 2.55. The summed E-state index contributed by atoms with van der Waals surface area (Å²) in [6.45, 7) is 1.25. The second-order valence-electron chi connectivity index (χ2n) is 4.03. The SMILES string of the molecule is CNCc1cccc(Br)c1OCc1ccn(C)n1. The lowest BCUT2D eigenvalue weighted by molar-refractivity contribution is 0.294. The topological polar surface area (TPSA) is 39.1 Å². The summed E-state index contributed by atoms with van der Waals surface area (Å²) in [7, 11) is 3.82. The molecule has 0 atom stereocenters. The summed E-state index contributed by atoms with van der Waals surface area (Å²) >= 11 is 3.52. The third kappa shape index (κ3) is 3.11. The quantitative estimate of drug-likeness (QED) is 0.922. The molecule has 2 rings (SSSR count). The van der Waals surface area contributed by atoms with Gasteiger partial charge in [-0.2, -0.15) is 5.10 Å². The van der Waals surface area contributed by atoms with E-state index in [1.165, 1.54) is 0 Å². The Morgan fingerprint density at radius 1 is 1.39 bits per heavy atom. The van der Waals surface area contributed by atoms with Gasteiger partial charge in [-0.15, -0.1) is 0 Å². The van der Waals surface area contributed by atoms with Crippen molar-refractivity contribution in [3.63, 3.8) is 0 Å². The van der Waals surface area contributed by atoms with Crippen molar-refractivity contribution in [2.45, 2.75) is 13.2 Å². The number of nitrogens with one attached hydrogen (secondary N) is 1. The monoisotopic (exact) mass is 309 g/mol. The zero-order chi connectivity index (χ0) is 13.0. The van der Waals surface area contributed by atoms with Gasteiger partial charge in [0.1, 0.15) is 12.4 Å². The molecule has 4 nitrogen and oxygen atoms in total. The van der Waals surface area contributed by atoms with Crippen LogP contribution in [-0.2, 0) is 20.2 Å². The minimum absolute atomic E-state index is 0.472. The van der Waals surface area contributed by atoms with Gasteiger partial charge < -0.3 is 10.1 Å². The lowest BCUT2D eigenvalue weighted by atomic mass is 10.2. The van der Waals surface area contributed by atoms with E-state index >= 15 is 0 Å². The molecule has 2 aromatic rings. The first-order valence-electron chi connectivity index (χ1n) is 5.74. The molecular formula is C13H16BrN3O. The van der Waals surface area contributed by atoms with Gasteiger partial charge in [-0.05, 0) is 35.1 Å². The van der Waals surface area contributed by atoms with Crippen molar-refractivity contribution >= 4 is 15.9 Å². The van der Waals surface area contributed by atoms with Crippen LogP contribution in [0.4, 0.5) is 0 Å². The molecule has 0 bridgehead atoms. The van der Waals surface area contributed by atoms with Crippen LogP contribution in [0.2, 0.25) is 0 Å². The van der Waals surface area contributed by atoms with Crippen LogP contribution in [-0.4, -0.2) is 16.8 Å². The molecular weight excluding hydrogens is 294 g/mol. The number of benzene rings is 1. The normalized spacial score (nSPS) is 10.6. The molecule has 5 heteroatoms. The molecule has 0 saturated carbocycles. The molecule has 0 aliphatic carbocycles. The summed E-state index contributed by atoms with van der Waals surface area (Å²) in [5, 5.41) is 7.43. The number of aryl methyl sites for hydroxylation is 1. The van der Waals surface area contributed by atoms with Crippen molar-refractivity contribution < 1.29 is 4.74 Å². The Bertz CT molecular complexity index is 525. The fourth-order valence-corrected chi connectivity index (χ4v) is 2.25. The first kappa shape index (κ1) is 13.1. The van der Waals surface area contributed by atoms with Crippen molar-refractivity contribution in [2.75, 3.05) is 7.05 Å². The van der Waals surface area contributed by atoms with Crippen LogP contribution in [0, 0.1) is 0 Å². The van der Waals surface area contributed by atoms with Gasteiger partial charge in [0, 0.05) is 25.4 Å². The van der Waals surface area contributed by atoms with Gasteiger partial charge in [-0.25, -0.2) is 0 Å². The Hall–Kier alpha value is -1.33. The molecule has 1 N–H and O–H groups in total. The van der Waals surface area contributed by atoms with Crippen molar-refractivity contribution in [3.8, 4) is 5.75 Å². The van der Waals surface area contributed by atoms with Gasteiger partial charge in [-0.3, -0.25) is 4.68 Å². The van der Waals surface area contributed by atoms with E-state index in [0.717, 1.165) is 28.0 Å². The molecule has 0 unspecified atom stereocenters. The molecule has 0 radical (unpaired) electrons. The molecule has 0 aliphatic rings. The summed E-state index contributed by atoms with van der Waals surface area (Å²) < 4.78 is 8.59. The molecule has 0 amide bonds. The summed E-state index contributed by atoms with van der Waals surface area (Å²) in [5.41, 5.74) is 2.05. The van der Waals surface area contributed by atoms with Gasteiger partial charge in [0.25, 0.3) is 0 Å². The van der Waals surface area contributed by atoms with Gasteiger partial charge in [0.2, 0.25) is 0 Å². The predicted octanol–water partition coefficient (Wildman–Crippen LogP) is 2.48. The van der Waals surface area contributed by atoms with Crippen LogP contribution >= 0.6 is 15.9 Å². The largest absolute Gasteiger partial charge is 0.486 e. The molecule has 96 valence electrons. The molecule has 1 aromatic heterocycles. The third-order valence-corrected chi connectivity index (χ3v) is 3.17. The van der Waals surface area contributed by atoms with Gasteiger partial charge in [-0.1, -0.05) is 12.1 Å². The van der Waals surface area contributed by atoms with Gasteiger partial charge in [0.05, 0.1) is 10.2 Å². The van der Waals surface area contributed by atoms with Crippen LogP contribution in [0.5, 0.6) is 5.75 Å². The fourth-order valence-electron chi connectivity index (χ4n) is 1.73. The highest BCUT2D eigenvalue weighted by Crippen LogP contribution is 2.29. The number of aromatic nitrogens is 2. The molecule has 0 fully saturated rings. The zero-order valence-corrected chi connectivity index (χ0v) is 12.1. The molecule has 0 spiro atoms. The number of ether oxygens (including phenoxy) is 1. The lowest BCUT2D eigenvalue weighted by Crippen LogP contribution is -2.08. The summed E-state index contributed by atoms with van der Waals surface area (Å²) in [5.74, 6) is 0.873. The summed E-state index contributed by atoms with van der Waals surface area (Å²) in [6, 6.07) is 7.99. The molecule has 0 saturated heterocycles. The van der Waals surface area contributed by atoms with Crippen molar-refractivity contribution in [1.82, 2.24) is 15.1 Å². The highest BCUT2D eigenvalue weighted by Gasteiger charge is 2.08. The van der Waals surface area contributed by atoms with Gasteiger partial charge in [0.15, 0.2) is 0 Å². The number of halogens is 1. The first-order chi connectivity index (χ1) is 8.70. The standard InChI is InChI=1S/C13H16BrN3O/c1-15-8-10-4-3-5-12(14)13(10)18-9-11-6-7-17(2)16-11/h3-7,15H,8-9H2,1-2H3. The molecule has 1 aromatic carbocycles. The van der Waals surface area contributed by atoms with E-state index in [1.54, 1.807) is 4.68 Å². The summed E-state index contributed by atoms with van der Waals surface area (Å²) in [4.78, 5) is 0. The fraction of sp³-hybridized carbons (Fsp3) is 0.308. The highest BCUT2D eigenvalue weighted by atomic mass is 79.9. The molecule has 0 aliphatic heterocycles. The van der Waals surface area contributed by atoms with Crippen LogP contribution in [0.25, 0.3) is 0 Å². The Labute approximate surface area is 115 Å². The smallest absolute Gasteiger partial charge is 0.138 e. The van der Waals surface area contributed by atoms with E-state index in [2.05, 4.69) is 32.4 Å². The number of rotatable bonds is 5. The maximum Gasteiger partial charge on any atom is 0.138 e. The average molecular weight is 310 g/mol. The van der Waals surface area contributed by atoms with Gasteiger partial charge >= 0.3 is 0 Å². The van der Waals surface area contributed by atoms with Crippen LogP contribution in [0.15, 0.2) is 34.9 Å². The Morgan fingerprint density at radius 3 is 2.89 bits per heavy atom. The summed E-state index contributed by atoms with van der Waals surface area (Å²) in [6.07, 6.45) is 1.91. The number of hydrogen-bond acceptors (Lipinski definition) is 3. The van der Waals surface area contributed by atoms with E-state index < -0.39 is 0 Å². The average Bonchev–Trinajstić information content (AvgIpc) is 2.75. The Kier molecular flexibility index (Phi) is 4.38. The van der Waals surface area contributed by atoms with Crippen LogP contribution < -0.4 is 10.1 Å². The van der Waals surface area contributed by atoms with Crippen molar-refractivity contribution in [1.29, 1.82) is 0 Å². The maximum absolute atomic E-state index is 5.86. The van der Waals surface area contributed by atoms with E-state index in [9.17, 15) is 0 Å². The molecule has 18 heavy (non-hydrogen) atoms. The van der Waals surface area contributed by atoms with E-state index in [4.69, 9.17) is 4.74 Å². The van der Waals surface area contributed by atoms with Crippen molar-refractivity contribution in [2.24, 2.45) is 7.05 Å². The van der Waals surface area contributed by atoms with Crippen molar-refractivity contribution in [3.05, 3.63) is 46.2 Å². The van der Waals surface area contributed by atoms with E-state index in [-0.39, 0.29) is 0 Å². The van der Waals surface area contributed by atoms with Crippen LogP contribution in [0.1, 0.15) is 11.3 Å². The number of nitrogens with zero attached hydrogens (tertiary/aromatic N) is 2. The minimum atomic E-state index is 0.472. The zero-order valence-electron chi connectivity index (χ0n) is 10.5. The number of hydrogen-bond donors (Lipinski definition) is 1. The van der Waals surface area contributed by atoms with Crippen LogP contribution in [0.3, 0.4) is 0 Å². The minimum Gasteiger partial charge on any atom is -0.486 e. The molecule has 1 heterocycles. The highest BCUT2D eigenvalue weighted by molar-refractivity contribution is 9.10. The Morgan fingerprint density at radius 2 is 2.22 bits per heavy atom. The number of para-hydroxylation sites is 1. The second-order valence-corrected chi connectivity index (χ2v) is 4.88. The maximum atomic E-state index is 5.86. The predicted molar refractivity (Wildman–Crippen MR) is 74.4 cm³/mol. The first-order valence-corrected chi connectivity index (χ1v) is 6.53. The van der Waals surface area contributed by atoms with E-state index in [0.29, 0.717) is 6.61 Å². The van der Waals surface area contributed by atoms with E-state index in [1.807, 2.05) is 38.5 Å².